The Bertz CT molecular complexity index is 676. The Kier molecular flexibility index (Phi) is 5.20. The fraction of sp³-hybridized carbons (Fsp3) is 0.412. The first-order chi connectivity index (χ1) is 10.5. The molecule has 0 bridgehead atoms. The molecule has 0 aliphatic carbocycles. The molecule has 0 aliphatic rings. The number of likely N-dealkylation sites (N-methyl/N-ethyl adjacent to an activating group) is 1. The van der Waals surface area contributed by atoms with Crippen molar-refractivity contribution in [3.8, 4) is 0 Å². The maximum Gasteiger partial charge on any atom is 0.303 e. The number of fused-ring (bicyclic) bond motifs is 1. The van der Waals surface area contributed by atoms with E-state index in [9.17, 15) is 9.59 Å². The van der Waals surface area contributed by atoms with Crippen LogP contribution in [0.3, 0.4) is 0 Å². The molecule has 0 aliphatic heterocycles. The number of nitrogens with zero attached hydrogens (tertiary/aromatic N) is 2. The molecule has 0 fully saturated rings. The van der Waals surface area contributed by atoms with Gasteiger partial charge >= 0.3 is 5.97 Å². The van der Waals surface area contributed by atoms with Crippen molar-refractivity contribution in [2.75, 3.05) is 13.6 Å². The Hall–Kier alpha value is -2.30. The van der Waals surface area contributed by atoms with E-state index in [2.05, 4.69) is 17.6 Å². The Balaban J connectivity index is 2.07. The topological polar surface area (TPSA) is 62.5 Å². The molecule has 2 rings (SSSR count). The Labute approximate surface area is 130 Å². The van der Waals surface area contributed by atoms with Gasteiger partial charge in [-0.3, -0.25) is 9.59 Å². The molecule has 1 aromatic heterocycles. The van der Waals surface area contributed by atoms with Gasteiger partial charge in [0.1, 0.15) is 0 Å². The quantitative estimate of drug-likeness (QED) is 0.855. The minimum atomic E-state index is -0.827. The van der Waals surface area contributed by atoms with E-state index in [4.69, 9.17) is 5.11 Å². The zero-order chi connectivity index (χ0) is 16.1. The minimum absolute atomic E-state index is 0.0180. The van der Waals surface area contributed by atoms with Crippen LogP contribution < -0.4 is 0 Å². The highest BCUT2D eigenvalue weighted by atomic mass is 16.4. The van der Waals surface area contributed by atoms with Crippen molar-refractivity contribution >= 4 is 22.8 Å². The van der Waals surface area contributed by atoms with Crippen molar-refractivity contribution in [3.63, 3.8) is 0 Å². The Morgan fingerprint density at radius 1 is 1.27 bits per heavy atom. The first kappa shape index (κ1) is 16.1. The summed E-state index contributed by atoms with van der Waals surface area (Å²) in [5, 5.41) is 9.75. The maximum atomic E-state index is 12.3. The monoisotopic (exact) mass is 302 g/mol. The first-order valence-corrected chi connectivity index (χ1v) is 7.55. The van der Waals surface area contributed by atoms with Crippen LogP contribution in [-0.4, -0.2) is 40.0 Å². The summed E-state index contributed by atoms with van der Waals surface area (Å²) in [5.74, 6) is -0.809. The number of amides is 1. The van der Waals surface area contributed by atoms with E-state index in [1.54, 1.807) is 11.9 Å². The number of aliphatic carboxylic acids is 1. The zero-order valence-electron chi connectivity index (χ0n) is 13.1. The number of carbonyl (C=O) groups is 2. The van der Waals surface area contributed by atoms with Gasteiger partial charge in [0.15, 0.2) is 0 Å². The van der Waals surface area contributed by atoms with E-state index in [1.165, 1.54) is 0 Å². The predicted octanol–water partition coefficient (Wildman–Crippen LogP) is 2.53. The summed E-state index contributed by atoms with van der Waals surface area (Å²) >= 11 is 0. The molecule has 0 saturated carbocycles. The van der Waals surface area contributed by atoms with Crippen molar-refractivity contribution in [1.82, 2.24) is 9.47 Å². The molecule has 1 heterocycles. The van der Waals surface area contributed by atoms with E-state index >= 15 is 0 Å². The molecular weight excluding hydrogens is 280 g/mol. The van der Waals surface area contributed by atoms with E-state index in [0.29, 0.717) is 19.4 Å². The number of hydrogen-bond donors (Lipinski definition) is 1. The van der Waals surface area contributed by atoms with Gasteiger partial charge in [-0.25, -0.2) is 0 Å². The standard InChI is InChI=1S/C17H22N2O3/c1-3-19-12-13(14-7-4-5-8-15(14)19)11-16(20)18(2)10-6-9-17(21)22/h4-5,7-8,12H,3,6,9-11H2,1-2H3,(H,21,22). The van der Waals surface area contributed by atoms with Gasteiger partial charge in [-0.2, -0.15) is 0 Å². The lowest BCUT2D eigenvalue weighted by molar-refractivity contribution is -0.138. The maximum absolute atomic E-state index is 12.3. The summed E-state index contributed by atoms with van der Waals surface area (Å²) in [6.45, 7) is 3.41. The third kappa shape index (κ3) is 3.67. The van der Waals surface area contributed by atoms with Crippen LogP contribution in [0, 0.1) is 0 Å². The van der Waals surface area contributed by atoms with Crippen LogP contribution in [0.5, 0.6) is 0 Å². The third-order valence-corrected chi connectivity index (χ3v) is 3.86. The molecule has 2 aromatic rings. The number of para-hydroxylation sites is 1. The zero-order valence-corrected chi connectivity index (χ0v) is 13.1. The molecule has 5 heteroatoms. The minimum Gasteiger partial charge on any atom is -0.481 e. The number of carbonyl (C=O) groups excluding carboxylic acids is 1. The summed E-state index contributed by atoms with van der Waals surface area (Å²) in [4.78, 5) is 24.4. The summed E-state index contributed by atoms with van der Waals surface area (Å²) < 4.78 is 2.14. The fourth-order valence-corrected chi connectivity index (χ4v) is 2.62. The largest absolute Gasteiger partial charge is 0.481 e. The van der Waals surface area contributed by atoms with Gasteiger partial charge in [-0.1, -0.05) is 18.2 Å². The second-order valence-corrected chi connectivity index (χ2v) is 5.45. The average Bonchev–Trinajstić information content (AvgIpc) is 2.85. The highest BCUT2D eigenvalue weighted by molar-refractivity contribution is 5.89. The molecular formula is C17H22N2O3. The Morgan fingerprint density at radius 3 is 2.68 bits per heavy atom. The molecule has 0 atom stereocenters. The molecule has 22 heavy (non-hydrogen) atoms. The lowest BCUT2D eigenvalue weighted by Crippen LogP contribution is -2.29. The number of aromatic nitrogens is 1. The molecule has 0 unspecified atom stereocenters. The van der Waals surface area contributed by atoms with Crippen LogP contribution in [0.15, 0.2) is 30.5 Å². The molecule has 1 aromatic carbocycles. The van der Waals surface area contributed by atoms with Crippen LogP contribution in [0.4, 0.5) is 0 Å². The van der Waals surface area contributed by atoms with Crippen LogP contribution >= 0.6 is 0 Å². The summed E-state index contributed by atoms with van der Waals surface area (Å²) in [5.41, 5.74) is 2.16. The predicted molar refractivity (Wildman–Crippen MR) is 85.8 cm³/mol. The normalized spacial score (nSPS) is 10.8. The van der Waals surface area contributed by atoms with Crippen molar-refractivity contribution in [2.24, 2.45) is 0 Å². The van der Waals surface area contributed by atoms with Gasteiger partial charge in [-0.05, 0) is 25.0 Å². The highest BCUT2D eigenvalue weighted by Crippen LogP contribution is 2.22. The number of aryl methyl sites for hydroxylation is 1. The number of benzene rings is 1. The second-order valence-electron chi connectivity index (χ2n) is 5.45. The van der Waals surface area contributed by atoms with Gasteiger partial charge in [-0.15, -0.1) is 0 Å². The first-order valence-electron chi connectivity index (χ1n) is 7.55. The molecule has 5 nitrogen and oxygen atoms in total. The van der Waals surface area contributed by atoms with Crippen molar-refractivity contribution in [2.45, 2.75) is 32.7 Å². The lowest BCUT2D eigenvalue weighted by Gasteiger charge is -2.16. The van der Waals surface area contributed by atoms with E-state index in [1.807, 2.05) is 24.4 Å². The molecule has 1 amide bonds. The van der Waals surface area contributed by atoms with Gasteiger partial charge in [0.25, 0.3) is 0 Å². The van der Waals surface area contributed by atoms with Gasteiger partial charge < -0.3 is 14.6 Å². The van der Waals surface area contributed by atoms with E-state index < -0.39 is 5.97 Å². The van der Waals surface area contributed by atoms with Crippen molar-refractivity contribution < 1.29 is 14.7 Å². The Morgan fingerprint density at radius 2 is 2.00 bits per heavy atom. The molecule has 0 radical (unpaired) electrons. The molecule has 0 spiro atoms. The van der Waals surface area contributed by atoms with Crippen molar-refractivity contribution in [3.05, 3.63) is 36.0 Å². The molecule has 0 saturated heterocycles. The highest BCUT2D eigenvalue weighted by Gasteiger charge is 2.14. The molecule has 1 N–H and O–H groups in total. The van der Waals surface area contributed by atoms with Crippen molar-refractivity contribution in [1.29, 1.82) is 0 Å². The summed E-state index contributed by atoms with van der Waals surface area (Å²) in [6.07, 6.45) is 2.95. The smallest absolute Gasteiger partial charge is 0.303 e. The number of carboxylic acid groups (broad SMARTS) is 1. The fourth-order valence-electron chi connectivity index (χ4n) is 2.62. The van der Waals surface area contributed by atoms with Gasteiger partial charge in [0.05, 0.1) is 6.42 Å². The van der Waals surface area contributed by atoms with Gasteiger partial charge in [0, 0.05) is 43.7 Å². The third-order valence-electron chi connectivity index (χ3n) is 3.86. The van der Waals surface area contributed by atoms with Crippen LogP contribution in [0.1, 0.15) is 25.3 Å². The SMILES string of the molecule is CCn1cc(CC(=O)N(C)CCCC(=O)O)c2ccccc21. The van der Waals surface area contributed by atoms with E-state index in [0.717, 1.165) is 23.0 Å². The second kappa shape index (κ2) is 7.11. The number of rotatable bonds is 7. The van der Waals surface area contributed by atoms with Crippen LogP contribution in [0.2, 0.25) is 0 Å². The number of carboxylic acids is 1. The van der Waals surface area contributed by atoms with Crippen LogP contribution in [-0.2, 0) is 22.6 Å². The van der Waals surface area contributed by atoms with E-state index in [-0.39, 0.29) is 12.3 Å². The average molecular weight is 302 g/mol. The van der Waals surface area contributed by atoms with Gasteiger partial charge in [0.2, 0.25) is 5.91 Å². The molecule has 118 valence electrons. The summed E-state index contributed by atoms with van der Waals surface area (Å²) in [7, 11) is 1.73. The summed E-state index contributed by atoms with van der Waals surface area (Å²) in [6, 6.07) is 8.07. The number of hydrogen-bond acceptors (Lipinski definition) is 2. The van der Waals surface area contributed by atoms with Crippen LogP contribution in [0.25, 0.3) is 10.9 Å². The lowest BCUT2D eigenvalue weighted by atomic mass is 10.1.